The predicted molar refractivity (Wildman–Crippen MR) is 83.2 cm³/mol. The van der Waals surface area contributed by atoms with Crippen LogP contribution in [0.4, 0.5) is 5.69 Å². The molecule has 2 rings (SSSR count). The van der Waals surface area contributed by atoms with Crippen LogP contribution in [0.25, 0.3) is 0 Å². The number of nitrogens with one attached hydrogen (secondary N) is 1. The molecule has 0 aliphatic rings. The Kier molecular flexibility index (Phi) is 4.53. The highest BCUT2D eigenvalue weighted by Crippen LogP contribution is 2.21. The molecule has 0 saturated carbocycles. The number of nitrogen functional groups attached to an aromatic ring is 1. The first-order valence-electron chi connectivity index (χ1n) is 6.06. The molecule has 0 radical (unpaired) electrons. The largest absolute Gasteiger partial charge is 0.399 e. The molecule has 0 fully saturated rings. The summed E-state index contributed by atoms with van der Waals surface area (Å²) >= 11 is 11.8. The van der Waals surface area contributed by atoms with E-state index >= 15 is 0 Å². The Bertz CT molecular complexity index is 656. The number of carbonyl (C=O) groups is 1. The van der Waals surface area contributed by atoms with Crippen LogP contribution in [0, 0.1) is 6.92 Å². The smallest absolute Gasteiger partial charge is 0.253 e. The summed E-state index contributed by atoms with van der Waals surface area (Å²) in [4.78, 5) is 12.1. The summed E-state index contributed by atoms with van der Waals surface area (Å²) in [6.07, 6.45) is 0. The van der Waals surface area contributed by atoms with Gasteiger partial charge >= 0.3 is 0 Å². The molecule has 20 heavy (non-hydrogen) atoms. The number of hydrogen-bond donors (Lipinski definition) is 2. The number of amides is 1. The standard InChI is InChI=1S/C15H14Cl2N2O/c1-9-10(3-2-4-14(9)18)8-19-15(20)12-6-5-11(16)7-13(12)17/h2-7H,8,18H2,1H3,(H,19,20). The van der Waals surface area contributed by atoms with Crippen molar-refractivity contribution in [3.05, 3.63) is 63.1 Å². The predicted octanol–water partition coefficient (Wildman–Crippen LogP) is 3.81. The minimum Gasteiger partial charge on any atom is -0.399 e. The van der Waals surface area contributed by atoms with Gasteiger partial charge in [-0.05, 0) is 42.3 Å². The Morgan fingerprint density at radius 1 is 1.25 bits per heavy atom. The highest BCUT2D eigenvalue weighted by Gasteiger charge is 2.11. The van der Waals surface area contributed by atoms with Crippen LogP contribution in [0.5, 0.6) is 0 Å². The molecule has 2 aromatic carbocycles. The third-order valence-electron chi connectivity index (χ3n) is 3.10. The van der Waals surface area contributed by atoms with Crippen LogP contribution in [-0.4, -0.2) is 5.91 Å². The van der Waals surface area contributed by atoms with Crippen molar-refractivity contribution in [3.8, 4) is 0 Å². The third kappa shape index (κ3) is 3.24. The number of nitrogens with two attached hydrogens (primary N) is 1. The monoisotopic (exact) mass is 308 g/mol. The molecule has 3 N–H and O–H groups in total. The zero-order valence-electron chi connectivity index (χ0n) is 10.9. The van der Waals surface area contributed by atoms with Gasteiger partial charge in [-0.3, -0.25) is 4.79 Å². The van der Waals surface area contributed by atoms with Gasteiger partial charge in [0.2, 0.25) is 0 Å². The fourth-order valence-corrected chi connectivity index (χ4v) is 2.33. The molecule has 2 aromatic rings. The quantitative estimate of drug-likeness (QED) is 0.847. The molecule has 0 bridgehead atoms. The van der Waals surface area contributed by atoms with E-state index in [9.17, 15) is 4.79 Å². The van der Waals surface area contributed by atoms with E-state index in [2.05, 4.69) is 5.32 Å². The second kappa shape index (κ2) is 6.16. The molecule has 0 spiro atoms. The summed E-state index contributed by atoms with van der Waals surface area (Å²) in [7, 11) is 0. The van der Waals surface area contributed by atoms with Crippen molar-refractivity contribution in [3.63, 3.8) is 0 Å². The van der Waals surface area contributed by atoms with Gasteiger partial charge in [0.25, 0.3) is 5.91 Å². The average Bonchev–Trinajstić information content (AvgIpc) is 2.40. The van der Waals surface area contributed by atoms with Crippen molar-refractivity contribution < 1.29 is 4.79 Å². The lowest BCUT2D eigenvalue weighted by molar-refractivity contribution is 0.0951. The van der Waals surface area contributed by atoms with Crippen molar-refractivity contribution >= 4 is 34.8 Å². The highest BCUT2D eigenvalue weighted by molar-refractivity contribution is 6.36. The lowest BCUT2D eigenvalue weighted by atomic mass is 10.1. The van der Waals surface area contributed by atoms with Gasteiger partial charge in [0, 0.05) is 17.3 Å². The number of benzene rings is 2. The molecule has 0 aliphatic carbocycles. The van der Waals surface area contributed by atoms with Crippen molar-refractivity contribution in [2.24, 2.45) is 0 Å². The molecule has 5 heteroatoms. The fourth-order valence-electron chi connectivity index (χ4n) is 1.84. The van der Waals surface area contributed by atoms with E-state index in [4.69, 9.17) is 28.9 Å². The molecule has 0 atom stereocenters. The molecular weight excluding hydrogens is 295 g/mol. The first kappa shape index (κ1) is 14.7. The van der Waals surface area contributed by atoms with Gasteiger partial charge in [-0.1, -0.05) is 35.3 Å². The minimum absolute atomic E-state index is 0.242. The minimum atomic E-state index is -0.242. The molecule has 104 valence electrons. The number of rotatable bonds is 3. The molecule has 1 amide bonds. The summed E-state index contributed by atoms with van der Waals surface area (Å²) < 4.78 is 0. The van der Waals surface area contributed by atoms with Crippen LogP contribution in [0.1, 0.15) is 21.5 Å². The Labute approximate surface area is 127 Å². The van der Waals surface area contributed by atoms with Crippen LogP contribution in [0.2, 0.25) is 10.0 Å². The van der Waals surface area contributed by atoms with Gasteiger partial charge in [-0.15, -0.1) is 0 Å². The molecule has 0 saturated heterocycles. The van der Waals surface area contributed by atoms with Gasteiger partial charge in [0.15, 0.2) is 0 Å². The first-order valence-corrected chi connectivity index (χ1v) is 6.82. The van der Waals surface area contributed by atoms with E-state index in [1.165, 1.54) is 0 Å². The Balaban J connectivity index is 2.11. The summed E-state index contributed by atoms with van der Waals surface area (Å²) in [6, 6.07) is 10.4. The first-order chi connectivity index (χ1) is 9.49. The fraction of sp³-hybridized carbons (Fsp3) is 0.133. The van der Waals surface area contributed by atoms with E-state index in [0.717, 1.165) is 11.1 Å². The Morgan fingerprint density at radius 2 is 2.00 bits per heavy atom. The van der Waals surface area contributed by atoms with Crippen LogP contribution >= 0.6 is 23.2 Å². The molecule has 3 nitrogen and oxygen atoms in total. The lowest BCUT2D eigenvalue weighted by Crippen LogP contribution is -2.23. The van der Waals surface area contributed by atoms with Gasteiger partial charge in [0.05, 0.1) is 10.6 Å². The second-order valence-corrected chi connectivity index (χ2v) is 5.28. The summed E-state index contributed by atoms with van der Waals surface area (Å²) in [5.74, 6) is -0.242. The molecule has 0 unspecified atom stereocenters. The number of hydrogen-bond acceptors (Lipinski definition) is 2. The maximum Gasteiger partial charge on any atom is 0.253 e. The second-order valence-electron chi connectivity index (χ2n) is 4.44. The van der Waals surface area contributed by atoms with Crippen molar-refractivity contribution in [2.75, 3.05) is 5.73 Å². The SMILES string of the molecule is Cc1c(N)cccc1CNC(=O)c1ccc(Cl)cc1Cl. The number of halogens is 2. The van der Waals surface area contributed by atoms with Crippen LogP contribution in [-0.2, 0) is 6.54 Å². The maximum absolute atomic E-state index is 12.1. The maximum atomic E-state index is 12.1. The Hall–Kier alpha value is -1.71. The zero-order chi connectivity index (χ0) is 14.7. The average molecular weight is 309 g/mol. The molecule has 0 aromatic heterocycles. The van der Waals surface area contributed by atoms with Gasteiger partial charge in [-0.2, -0.15) is 0 Å². The van der Waals surface area contributed by atoms with Crippen LogP contribution in [0.3, 0.4) is 0 Å². The number of carbonyl (C=O) groups excluding carboxylic acids is 1. The topological polar surface area (TPSA) is 55.1 Å². The molecule has 0 heterocycles. The van der Waals surface area contributed by atoms with E-state index < -0.39 is 0 Å². The van der Waals surface area contributed by atoms with Crippen molar-refractivity contribution in [2.45, 2.75) is 13.5 Å². The summed E-state index contributed by atoms with van der Waals surface area (Å²) in [5, 5.41) is 3.65. The normalized spacial score (nSPS) is 10.3. The van der Waals surface area contributed by atoms with Crippen molar-refractivity contribution in [1.82, 2.24) is 5.32 Å². The number of anilines is 1. The van der Waals surface area contributed by atoms with E-state index in [1.54, 1.807) is 18.2 Å². The summed E-state index contributed by atoms with van der Waals surface area (Å²) in [6.45, 7) is 2.32. The van der Waals surface area contributed by atoms with Gasteiger partial charge in [-0.25, -0.2) is 0 Å². The highest BCUT2D eigenvalue weighted by atomic mass is 35.5. The lowest BCUT2D eigenvalue weighted by Gasteiger charge is -2.10. The molecule has 0 aliphatic heterocycles. The van der Waals surface area contributed by atoms with Gasteiger partial charge in [0.1, 0.15) is 0 Å². The van der Waals surface area contributed by atoms with E-state index in [1.807, 2.05) is 25.1 Å². The third-order valence-corrected chi connectivity index (χ3v) is 3.65. The van der Waals surface area contributed by atoms with E-state index in [-0.39, 0.29) is 5.91 Å². The Morgan fingerprint density at radius 3 is 2.70 bits per heavy atom. The van der Waals surface area contributed by atoms with Gasteiger partial charge < -0.3 is 11.1 Å². The van der Waals surface area contributed by atoms with Crippen LogP contribution < -0.4 is 11.1 Å². The van der Waals surface area contributed by atoms with Crippen molar-refractivity contribution in [1.29, 1.82) is 0 Å². The molecular formula is C15H14Cl2N2O. The summed E-state index contributed by atoms with van der Waals surface area (Å²) in [5.41, 5.74) is 8.88. The van der Waals surface area contributed by atoms with Crippen LogP contribution in [0.15, 0.2) is 36.4 Å². The van der Waals surface area contributed by atoms with E-state index in [0.29, 0.717) is 27.8 Å². The zero-order valence-corrected chi connectivity index (χ0v) is 12.4.